The largest absolute Gasteiger partial charge is 0.378 e. The zero-order chi connectivity index (χ0) is 19.5. The van der Waals surface area contributed by atoms with Crippen molar-refractivity contribution in [3.8, 4) is 0 Å². The molecule has 0 saturated carbocycles. The van der Waals surface area contributed by atoms with Gasteiger partial charge in [-0.25, -0.2) is 15.0 Å². The van der Waals surface area contributed by atoms with Crippen LogP contribution in [0.3, 0.4) is 0 Å². The molecule has 1 N–H and O–H groups in total. The van der Waals surface area contributed by atoms with Crippen molar-refractivity contribution in [2.45, 2.75) is 20.4 Å². The number of anilines is 1. The second-order valence-electron chi connectivity index (χ2n) is 6.87. The molecule has 1 aliphatic rings. The zero-order valence-electron chi connectivity index (χ0n) is 16.1. The van der Waals surface area contributed by atoms with E-state index >= 15 is 0 Å². The van der Waals surface area contributed by atoms with E-state index in [9.17, 15) is 4.79 Å². The lowest BCUT2D eigenvalue weighted by Gasteiger charge is -2.29. The van der Waals surface area contributed by atoms with E-state index in [4.69, 9.17) is 4.74 Å². The number of ether oxygens (including phenoxy) is 1. The van der Waals surface area contributed by atoms with Gasteiger partial charge in [0.05, 0.1) is 35.6 Å². The highest BCUT2D eigenvalue weighted by atomic mass is 16.5. The average molecular weight is 377 g/mol. The number of morpholine rings is 1. The molecule has 0 bridgehead atoms. The second kappa shape index (κ2) is 7.90. The van der Waals surface area contributed by atoms with Crippen LogP contribution >= 0.6 is 0 Å². The summed E-state index contributed by atoms with van der Waals surface area (Å²) < 4.78 is 5.42. The Labute approximate surface area is 163 Å². The smallest absolute Gasteiger partial charge is 0.251 e. The number of carbonyl (C=O) groups excluding carboxylic acids is 1. The monoisotopic (exact) mass is 377 g/mol. The van der Waals surface area contributed by atoms with Gasteiger partial charge >= 0.3 is 0 Å². The van der Waals surface area contributed by atoms with Gasteiger partial charge in [0.2, 0.25) is 0 Å². The van der Waals surface area contributed by atoms with Gasteiger partial charge in [0.1, 0.15) is 5.82 Å². The maximum Gasteiger partial charge on any atom is 0.251 e. The number of carbonyl (C=O) groups is 1. The molecule has 4 rings (SSSR count). The van der Waals surface area contributed by atoms with Crippen molar-refractivity contribution in [3.05, 3.63) is 59.0 Å². The number of aromatic nitrogens is 3. The fourth-order valence-electron chi connectivity index (χ4n) is 3.28. The minimum Gasteiger partial charge on any atom is -0.378 e. The first kappa shape index (κ1) is 18.3. The molecule has 2 aromatic heterocycles. The van der Waals surface area contributed by atoms with Crippen LogP contribution < -0.4 is 10.2 Å². The van der Waals surface area contributed by atoms with Crippen molar-refractivity contribution in [3.63, 3.8) is 0 Å². The molecule has 0 radical (unpaired) electrons. The molecule has 0 atom stereocenters. The number of pyridine rings is 1. The molecule has 0 unspecified atom stereocenters. The van der Waals surface area contributed by atoms with Crippen LogP contribution in [0.25, 0.3) is 11.0 Å². The van der Waals surface area contributed by atoms with Gasteiger partial charge in [-0.15, -0.1) is 0 Å². The first-order valence-electron chi connectivity index (χ1n) is 9.41. The number of hydrogen-bond acceptors (Lipinski definition) is 6. The van der Waals surface area contributed by atoms with E-state index in [0.29, 0.717) is 25.3 Å². The van der Waals surface area contributed by atoms with Crippen LogP contribution in [-0.4, -0.2) is 47.2 Å². The third kappa shape index (κ3) is 3.80. The quantitative estimate of drug-likeness (QED) is 0.752. The van der Waals surface area contributed by atoms with Crippen molar-refractivity contribution < 1.29 is 9.53 Å². The van der Waals surface area contributed by atoms with Crippen LogP contribution in [0.5, 0.6) is 0 Å². The van der Waals surface area contributed by atoms with Crippen LogP contribution in [-0.2, 0) is 11.3 Å². The second-order valence-corrected chi connectivity index (χ2v) is 6.87. The highest BCUT2D eigenvalue weighted by Crippen LogP contribution is 2.19. The van der Waals surface area contributed by atoms with Gasteiger partial charge in [-0.05, 0) is 38.1 Å². The fourth-order valence-corrected chi connectivity index (χ4v) is 3.28. The molecule has 1 aliphatic heterocycles. The zero-order valence-corrected chi connectivity index (χ0v) is 16.1. The molecular formula is C21H23N5O2. The lowest BCUT2D eigenvalue weighted by molar-refractivity contribution is 0.0950. The van der Waals surface area contributed by atoms with E-state index in [1.807, 2.05) is 32.0 Å². The fraction of sp³-hybridized carbons (Fsp3) is 0.333. The first-order chi connectivity index (χ1) is 13.6. The molecule has 0 aliphatic carbocycles. The molecule has 1 aromatic carbocycles. The summed E-state index contributed by atoms with van der Waals surface area (Å²) in [5, 5.41) is 3.00. The van der Waals surface area contributed by atoms with Crippen molar-refractivity contribution in [2.75, 3.05) is 31.2 Å². The Balaban J connectivity index is 1.50. The maximum atomic E-state index is 12.7. The van der Waals surface area contributed by atoms with Crippen LogP contribution in [0.1, 0.15) is 27.3 Å². The summed E-state index contributed by atoms with van der Waals surface area (Å²) >= 11 is 0. The van der Waals surface area contributed by atoms with Gasteiger partial charge in [0.15, 0.2) is 0 Å². The van der Waals surface area contributed by atoms with Gasteiger partial charge in [-0.1, -0.05) is 6.07 Å². The van der Waals surface area contributed by atoms with Gasteiger partial charge in [0, 0.05) is 37.0 Å². The number of hydrogen-bond donors (Lipinski definition) is 1. The Morgan fingerprint density at radius 3 is 2.64 bits per heavy atom. The van der Waals surface area contributed by atoms with Gasteiger partial charge in [-0.3, -0.25) is 4.79 Å². The Morgan fingerprint density at radius 2 is 1.86 bits per heavy atom. The van der Waals surface area contributed by atoms with Crippen molar-refractivity contribution in [1.29, 1.82) is 0 Å². The number of fused-ring (bicyclic) bond motifs is 1. The summed E-state index contributed by atoms with van der Waals surface area (Å²) in [5.41, 5.74) is 4.85. The lowest BCUT2D eigenvalue weighted by Crippen LogP contribution is -2.37. The molecule has 1 fully saturated rings. The van der Waals surface area contributed by atoms with Crippen LogP contribution in [0.4, 0.5) is 5.82 Å². The molecular weight excluding hydrogens is 354 g/mol. The Bertz CT molecular complexity index is 1010. The summed E-state index contributed by atoms with van der Waals surface area (Å²) in [4.78, 5) is 28.5. The van der Waals surface area contributed by atoms with Crippen molar-refractivity contribution in [2.24, 2.45) is 0 Å². The summed E-state index contributed by atoms with van der Waals surface area (Å²) in [6, 6.07) is 9.30. The van der Waals surface area contributed by atoms with Gasteiger partial charge < -0.3 is 15.0 Å². The molecule has 1 saturated heterocycles. The molecule has 7 nitrogen and oxygen atoms in total. The number of aryl methyl sites for hydroxylation is 2. The SMILES string of the molecule is Cc1nc2ccc(C(=O)NCc3cccnc3N3CCOCC3)cc2nc1C. The predicted octanol–water partition coefficient (Wildman–Crippen LogP) is 2.41. The molecule has 1 amide bonds. The van der Waals surface area contributed by atoms with E-state index in [1.54, 1.807) is 18.3 Å². The Kier molecular flexibility index (Phi) is 5.16. The third-order valence-corrected chi connectivity index (χ3v) is 4.96. The normalized spacial score (nSPS) is 14.3. The predicted molar refractivity (Wildman–Crippen MR) is 107 cm³/mol. The molecule has 3 heterocycles. The summed E-state index contributed by atoms with van der Waals surface area (Å²) in [5.74, 6) is 0.764. The van der Waals surface area contributed by atoms with Crippen molar-refractivity contribution >= 4 is 22.8 Å². The highest BCUT2D eigenvalue weighted by molar-refractivity contribution is 5.97. The van der Waals surface area contributed by atoms with E-state index < -0.39 is 0 Å². The van der Waals surface area contributed by atoms with E-state index in [2.05, 4.69) is 25.2 Å². The molecule has 7 heteroatoms. The number of rotatable bonds is 4. The molecule has 28 heavy (non-hydrogen) atoms. The Morgan fingerprint density at radius 1 is 1.11 bits per heavy atom. The van der Waals surface area contributed by atoms with E-state index in [1.165, 1.54) is 0 Å². The number of amides is 1. The standard InChI is InChI=1S/C21H23N5O2/c1-14-15(2)25-19-12-16(5-6-18(19)24-14)21(27)23-13-17-4-3-7-22-20(17)26-8-10-28-11-9-26/h3-7,12H,8-11,13H2,1-2H3,(H,23,27). The van der Waals surface area contributed by atoms with Crippen LogP contribution in [0.15, 0.2) is 36.5 Å². The minimum absolute atomic E-state index is 0.140. The lowest BCUT2D eigenvalue weighted by atomic mass is 10.1. The van der Waals surface area contributed by atoms with E-state index in [-0.39, 0.29) is 5.91 Å². The van der Waals surface area contributed by atoms with E-state index in [0.717, 1.165) is 46.9 Å². The minimum atomic E-state index is -0.140. The van der Waals surface area contributed by atoms with Crippen molar-refractivity contribution in [1.82, 2.24) is 20.3 Å². The Hall–Kier alpha value is -3.06. The molecule has 144 valence electrons. The van der Waals surface area contributed by atoms with Crippen LogP contribution in [0.2, 0.25) is 0 Å². The number of benzene rings is 1. The van der Waals surface area contributed by atoms with Crippen LogP contribution in [0, 0.1) is 13.8 Å². The third-order valence-electron chi connectivity index (χ3n) is 4.96. The summed E-state index contributed by atoms with van der Waals surface area (Å²) in [6.07, 6.45) is 1.78. The topological polar surface area (TPSA) is 80.2 Å². The average Bonchev–Trinajstić information content (AvgIpc) is 2.73. The van der Waals surface area contributed by atoms with Gasteiger partial charge in [-0.2, -0.15) is 0 Å². The maximum absolute atomic E-state index is 12.7. The van der Waals surface area contributed by atoms with Gasteiger partial charge in [0.25, 0.3) is 5.91 Å². The number of nitrogens with one attached hydrogen (secondary N) is 1. The first-order valence-corrected chi connectivity index (χ1v) is 9.41. The highest BCUT2D eigenvalue weighted by Gasteiger charge is 2.16. The molecule has 3 aromatic rings. The number of nitrogens with zero attached hydrogens (tertiary/aromatic N) is 4. The molecule has 0 spiro atoms. The summed E-state index contributed by atoms with van der Waals surface area (Å²) in [6.45, 7) is 7.27. The summed E-state index contributed by atoms with van der Waals surface area (Å²) in [7, 11) is 0.